The minimum Gasteiger partial charge on any atom is -0.382 e. The number of hydrogen-bond acceptors (Lipinski definition) is 3. The van der Waals surface area contributed by atoms with Gasteiger partial charge < -0.3 is 15.5 Å². The van der Waals surface area contributed by atoms with Crippen molar-refractivity contribution in [1.29, 1.82) is 0 Å². The highest BCUT2D eigenvalue weighted by atomic mass is 15.1. The summed E-state index contributed by atoms with van der Waals surface area (Å²) in [5.41, 5.74) is 3.93. The molecule has 0 bridgehead atoms. The fraction of sp³-hybridized carbons (Fsp3) is 0.667. The molecule has 3 unspecified atom stereocenters. The second-order valence-corrected chi connectivity index (χ2v) is 6.94. The zero-order valence-electron chi connectivity index (χ0n) is 13.7. The lowest BCUT2D eigenvalue weighted by molar-refractivity contribution is 0.376. The van der Waals surface area contributed by atoms with Gasteiger partial charge in [-0.25, -0.2) is 0 Å². The molecule has 2 aliphatic rings. The van der Waals surface area contributed by atoms with Gasteiger partial charge in [0.15, 0.2) is 0 Å². The molecule has 3 rings (SSSR count). The first-order valence-corrected chi connectivity index (χ1v) is 8.43. The average molecular weight is 287 g/mol. The molecule has 0 spiro atoms. The van der Waals surface area contributed by atoms with Gasteiger partial charge in [0.05, 0.1) is 0 Å². The fourth-order valence-corrected chi connectivity index (χ4v) is 4.12. The Balaban J connectivity index is 1.71. The minimum absolute atomic E-state index is 0.637. The molecule has 2 N–H and O–H groups in total. The van der Waals surface area contributed by atoms with Crippen LogP contribution in [0.5, 0.6) is 0 Å². The Labute approximate surface area is 129 Å². The van der Waals surface area contributed by atoms with Gasteiger partial charge >= 0.3 is 0 Å². The van der Waals surface area contributed by atoms with E-state index in [0.717, 1.165) is 12.0 Å². The maximum Gasteiger partial charge on any atom is 0.0411 e. The quantitative estimate of drug-likeness (QED) is 0.889. The number of benzene rings is 1. The topological polar surface area (TPSA) is 27.3 Å². The Morgan fingerprint density at radius 1 is 1.14 bits per heavy atom. The van der Waals surface area contributed by atoms with Gasteiger partial charge in [0.1, 0.15) is 0 Å². The number of anilines is 2. The van der Waals surface area contributed by atoms with Crippen LogP contribution in [0.15, 0.2) is 18.2 Å². The lowest BCUT2D eigenvalue weighted by Gasteiger charge is -2.28. The number of hydrogen-bond donors (Lipinski definition) is 2. The van der Waals surface area contributed by atoms with Crippen LogP contribution >= 0.6 is 0 Å². The van der Waals surface area contributed by atoms with E-state index in [1.807, 2.05) is 0 Å². The minimum atomic E-state index is 0.637. The molecule has 3 atom stereocenters. The summed E-state index contributed by atoms with van der Waals surface area (Å²) in [5.74, 6) is 0.802. The van der Waals surface area contributed by atoms with Gasteiger partial charge in [0, 0.05) is 37.6 Å². The fourth-order valence-electron chi connectivity index (χ4n) is 4.12. The maximum absolute atomic E-state index is 3.82. The lowest BCUT2D eigenvalue weighted by atomic mass is 9.93. The van der Waals surface area contributed by atoms with Crippen molar-refractivity contribution >= 4 is 11.4 Å². The normalized spacial score (nSPS) is 28.8. The lowest BCUT2D eigenvalue weighted by Crippen LogP contribution is -2.38. The van der Waals surface area contributed by atoms with E-state index in [9.17, 15) is 0 Å². The molecule has 0 radical (unpaired) electrons. The van der Waals surface area contributed by atoms with E-state index in [1.54, 1.807) is 0 Å². The molecule has 1 aromatic carbocycles. The summed E-state index contributed by atoms with van der Waals surface area (Å²) < 4.78 is 0. The van der Waals surface area contributed by atoms with E-state index in [2.05, 4.69) is 54.8 Å². The van der Waals surface area contributed by atoms with Crippen LogP contribution in [0, 0.1) is 12.8 Å². The molecule has 1 aliphatic heterocycles. The number of rotatable bonds is 4. The van der Waals surface area contributed by atoms with Crippen LogP contribution in [0.4, 0.5) is 11.4 Å². The van der Waals surface area contributed by atoms with E-state index in [1.165, 1.54) is 55.6 Å². The molecular formula is C18H29N3. The molecule has 0 aromatic heterocycles. The summed E-state index contributed by atoms with van der Waals surface area (Å²) in [6.45, 7) is 3.39. The third-order valence-electron chi connectivity index (χ3n) is 5.23. The number of nitrogens with zero attached hydrogens (tertiary/aromatic N) is 1. The third-order valence-corrected chi connectivity index (χ3v) is 5.23. The molecule has 3 nitrogen and oxygen atoms in total. The second kappa shape index (κ2) is 6.27. The summed E-state index contributed by atoms with van der Waals surface area (Å²) in [6.07, 6.45) is 6.77. The van der Waals surface area contributed by atoms with Crippen molar-refractivity contribution in [3.63, 3.8) is 0 Å². The predicted molar refractivity (Wildman–Crippen MR) is 91.3 cm³/mol. The van der Waals surface area contributed by atoms with Gasteiger partial charge in [-0.15, -0.1) is 0 Å². The molecule has 116 valence electrons. The van der Waals surface area contributed by atoms with E-state index in [0.29, 0.717) is 6.04 Å². The highest BCUT2D eigenvalue weighted by Gasteiger charge is 2.34. The van der Waals surface area contributed by atoms with Crippen LogP contribution in [0.2, 0.25) is 0 Å². The summed E-state index contributed by atoms with van der Waals surface area (Å²) in [6, 6.07) is 8.14. The van der Waals surface area contributed by atoms with Gasteiger partial charge in [0.25, 0.3) is 0 Å². The van der Waals surface area contributed by atoms with Gasteiger partial charge in [-0.1, -0.05) is 12.5 Å². The molecule has 3 heteroatoms. The molecule has 2 fully saturated rings. The van der Waals surface area contributed by atoms with Crippen molar-refractivity contribution in [2.45, 2.75) is 51.1 Å². The van der Waals surface area contributed by atoms with Crippen LogP contribution in [0.1, 0.15) is 37.7 Å². The molecular weight excluding hydrogens is 258 g/mol. The first-order valence-electron chi connectivity index (χ1n) is 8.43. The summed E-state index contributed by atoms with van der Waals surface area (Å²) >= 11 is 0. The summed E-state index contributed by atoms with van der Waals surface area (Å²) in [4.78, 5) is 2.20. The van der Waals surface area contributed by atoms with Crippen LogP contribution < -0.4 is 15.5 Å². The van der Waals surface area contributed by atoms with Crippen molar-refractivity contribution < 1.29 is 0 Å². The molecule has 1 saturated heterocycles. The second-order valence-electron chi connectivity index (χ2n) is 6.94. The first-order chi connectivity index (χ1) is 10.1. The Bertz CT molecular complexity index is 477. The van der Waals surface area contributed by atoms with Gasteiger partial charge in [-0.05, 0) is 62.8 Å². The van der Waals surface area contributed by atoms with Gasteiger partial charge in [0.2, 0.25) is 0 Å². The molecule has 21 heavy (non-hydrogen) atoms. The highest BCUT2D eigenvalue weighted by Crippen LogP contribution is 2.34. The third kappa shape index (κ3) is 3.18. The Morgan fingerprint density at radius 2 is 2.00 bits per heavy atom. The first kappa shape index (κ1) is 14.7. The van der Waals surface area contributed by atoms with E-state index in [4.69, 9.17) is 0 Å². The van der Waals surface area contributed by atoms with Gasteiger partial charge in [-0.3, -0.25) is 0 Å². The van der Waals surface area contributed by atoms with E-state index >= 15 is 0 Å². The van der Waals surface area contributed by atoms with Crippen LogP contribution in [-0.2, 0) is 0 Å². The summed E-state index contributed by atoms with van der Waals surface area (Å²) in [5, 5.41) is 7.53. The van der Waals surface area contributed by atoms with Crippen LogP contribution in [-0.4, -0.2) is 32.7 Å². The molecule has 1 saturated carbocycles. The monoisotopic (exact) mass is 287 g/mol. The number of aryl methyl sites for hydroxylation is 1. The van der Waals surface area contributed by atoms with Crippen molar-refractivity contribution in [2.75, 3.05) is 30.9 Å². The zero-order chi connectivity index (χ0) is 14.8. The van der Waals surface area contributed by atoms with E-state index in [-0.39, 0.29) is 0 Å². The summed E-state index contributed by atoms with van der Waals surface area (Å²) in [7, 11) is 4.24. The Hall–Kier alpha value is -1.22. The van der Waals surface area contributed by atoms with Crippen LogP contribution in [0.25, 0.3) is 0 Å². The SMILES string of the molecule is Cc1ccc(NC2CCCC2C2CCCN2)cc1N(C)C. The van der Waals surface area contributed by atoms with Crippen molar-refractivity contribution in [3.8, 4) is 0 Å². The standard InChI is InChI=1S/C18H29N3/c1-13-9-10-14(12-18(13)21(2)3)20-17-7-4-6-15(17)16-8-5-11-19-16/h9-10,12,15-17,19-20H,4-8,11H2,1-3H3. The average Bonchev–Trinajstić information content (AvgIpc) is 3.11. The Morgan fingerprint density at radius 3 is 2.71 bits per heavy atom. The Kier molecular flexibility index (Phi) is 4.39. The van der Waals surface area contributed by atoms with Gasteiger partial charge in [-0.2, -0.15) is 0 Å². The van der Waals surface area contributed by atoms with E-state index < -0.39 is 0 Å². The molecule has 1 heterocycles. The zero-order valence-corrected chi connectivity index (χ0v) is 13.7. The van der Waals surface area contributed by atoms with Crippen molar-refractivity contribution in [1.82, 2.24) is 5.32 Å². The maximum atomic E-state index is 3.82. The largest absolute Gasteiger partial charge is 0.382 e. The van der Waals surface area contributed by atoms with Crippen molar-refractivity contribution in [2.24, 2.45) is 5.92 Å². The molecule has 1 aliphatic carbocycles. The number of nitrogens with one attached hydrogen (secondary N) is 2. The van der Waals surface area contributed by atoms with Crippen molar-refractivity contribution in [3.05, 3.63) is 23.8 Å². The predicted octanol–water partition coefficient (Wildman–Crippen LogP) is 3.39. The highest BCUT2D eigenvalue weighted by molar-refractivity contribution is 5.62. The smallest absolute Gasteiger partial charge is 0.0411 e. The molecule has 1 aromatic rings. The molecule has 0 amide bonds. The van der Waals surface area contributed by atoms with Crippen LogP contribution in [0.3, 0.4) is 0 Å².